The van der Waals surface area contributed by atoms with E-state index in [-0.39, 0.29) is 71.5 Å². The summed E-state index contributed by atoms with van der Waals surface area (Å²) in [4.78, 5) is 0. The Morgan fingerprint density at radius 3 is 0.600 bits per heavy atom. The number of hydrogen-bond donors (Lipinski definition) is 0. The Kier molecular flexibility index (Phi) is 680. The minimum Gasteiger partial charge on any atom is -0.870 e. The molecule has 28 valence electrons. The van der Waals surface area contributed by atoms with Gasteiger partial charge in [0.1, 0.15) is 0 Å². The predicted octanol–water partition coefficient (Wildman–Crippen LogP) is -1.83. The van der Waals surface area contributed by atoms with Crippen LogP contribution >= 0.6 is 0 Å². The van der Waals surface area contributed by atoms with Gasteiger partial charge in [0.2, 0.25) is 0 Å². The fourth-order valence-corrected chi connectivity index (χ4v) is 0. The zero-order valence-corrected chi connectivity index (χ0v) is 3.07. The van der Waals surface area contributed by atoms with Crippen LogP contribution in [0.1, 0.15) is 0 Å². The van der Waals surface area contributed by atoms with Gasteiger partial charge in [0, 0.05) is 0 Å². The smallest absolute Gasteiger partial charge is 0.870 e. The zero-order valence-electron chi connectivity index (χ0n) is 1.92. The molecular formula is H5AlCaO3. The van der Waals surface area contributed by atoms with Gasteiger partial charge in [-0.15, -0.1) is 0 Å². The summed E-state index contributed by atoms with van der Waals surface area (Å²) in [6, 6.07) is 0. The first-order valence-electron chi connectivity index (χ1n) is 0. The van der Waals surface area contributed by atoms with Crippen molar-refractivity contribution in [2.24, 2.45) is 0 Å². The minimum absolute atomic E-state index is 0. The maximum absolute atomic E-state index is 0. The topological polar surface area (TPSA) is 90.0 Å². The van der Waals surface area contributed by atoms with Crippen LogP contribution < -0.4 is 0 Å². The second kappa shape index (κ2) is 44.3. The molecular weight excluding hydrogens is 115 g/mol. The molecule has 0 fully saturated rings. The van der Waals surface area contributed by atoms with Gasteiger partial charge in [-0.3, -0.25) is 0 Å². The molecule has 0 aliphatic carbocycles. The summed E-state index contributed by atoms with van der Waals surface area (Å²) >= 11 is 0. The Morgan fingerprint density at radius 2 is 0.600 bits per heavy atom. The van der Waals surface area contributed by atoms with E-state index in [2.05, 4.69) is 0 Å². The van der Waals surface area contributed by atoms with Gasteiger partial charge in [0.05, 0.1) is 0 Å². The van der Waals surface area contributed by atoms with Crippen LogP contribution in [-0.2, 0) is 0 Å². The molecule has 0 rings (SSSR count). The molecule has 0 aromatic carbocycles. The molecule has 0 heterocycles. The first-order valence-corrected chi connectivity index (χ1v) is 0. The molecule has 0 radical (unpaired) electrons. The Labute approximate surface area is 70.8 Å². The molecule has 0 unspecified atom stereocenters. The molecule has 0 atom stereocenters. The van der Waals surface area contributed by atoms with Crippen molar-refractivity contribution in [3.05, 3.63) is 0 Å². The number of rotatable bonds is 0. The van der Waals surface area contributed by atoms with Crippen molar-refractivity contribution in [1.29, 1.82) is 0 Å². The van der Waals surface area contributed by atoms with Crippen molar-refractivity contribution in [2.45, 2.75) is 0 Å². The van der Waals surface area contributed by atoms with E-state index in [0.29, 0.717) is 0 Å². The van der Waals surface area contributed by atoms with Crippen LogP contribution in [0.4, 0.5) is 0 Å². The van der Waals surface area contributed by atoms with Gasteiger partial charge in [-0.1, -0.05) is 0 Å². The summed E-state index contributed by atoms with van der Waals surface area (Å²) in [6.45, 7) is 0. The monoisotopic (exact) mass is 120 g/mol. The second-order valence-electron chi connectivity index (χ2n) is 0. The molecule has 0 saturated heterocycles. The van der Waals surface area contributed by atoms with Gasteiger partial charge < -0.3 is 16.4 Å². The standard InChI is InChI=1S/Al.Ca.3H2O.2H/h;;3*1H2;;/q+3;;;;;;/p-3. The second-order valence-corrected chi connectivity index (χ2v) is 0. The molecule has 0 amide bonds. The fraction of sp³-hybridized carbons (Fsp3) is 0. The zero-order chi connectivity index (χ0) is 0. The van der Waals surface area contributed by atoms with Gasteiger partial charge in [0.15, 0.2) is 0 Å². The van der Waals surface area contributed by atoms with Crippen LogP contribution in [0, 0.1) is 0 Å². The third kappa shape index (κ3) is 27.4. The van der Waals surface area contributed by atoms with E-state index in [4.69, 9.17) is 0 Å². The third-order valence-electron chi connectivity index (χ3n) is 0. The van der Waals surface area contributed by atoms with Crippen molar-refractivity contribution in [3.63, 3.8) is 0 Å². The molecule has 0 aromatic rings. The molecule has 0 aromatic heterocycles. The van der Waals surface area contributed by atoms with Gasteiger partial charge >= 0.3 is 55.1 Å². The SMILES string of the molecule is [Al+3].[CaH2].[OH-].[OH-].[OH-]. The molecule has 3 nitrogen and oxygen atoms in total. The molecule has 0 spiro atoms. The first-order chi connectivity index (χ1) is 0. The minimum atomic E-state index is 0. The normalized spacial score (nSPS) is 0. The largest absolute Gasteiger partial charge is 0.870 e. The molecule has 0 saturated carbocycles. The van der Waals surface area contributed by atoms with Gasteiger partial charge in [-0.05, 0) is 0 Å². The van der Waals surface area contributed by atoms with Gasteiger partial charge in [-0.25, -0.2) is 0 Å². The van der Waals surface area contributed by atoms with Crippen LogP contribution in [0.25, 0.3) is 0 Å². The quantitative estimate of drug-likeness (QED) is 0.352. The third-order valence-corrected chi connectivity index (χ3v) is 0. The van der Waals surface area contributed by atoms with E-state index < -0.39 is 0 Å². The summed E-state index contributed by atoms with van der Waals surface area (Å²) < 4.78 is 0. The molecule has 5 heteroatoms. The summed E-state index contributed by atoms with van der Waals surface area (Å²) in [5.41, 5.74) is 0. The molecule has 0 aliphatic rings. The van der Waals surface area contributed by atoms with Gasteiger partial charge in [-0.2, -0.15) is 0 Å². The molecule has 0 bridgehead atoms. The van der Waals surface area contributed by atoms with E-state index in [0.717, 1.165) is 0 Å². The van der Waals surface area contributed by atoms with Crippen molar-refractivity contribution in [2.75, 3.05) is 0 Å². The van der Waals surface area contributed by atoms with Crippen molar-refractivity contribution >= 4 is 55.1 Å². The van der Waals surface area contributed by atoms with Crippen LogP contribution in [0.15, 0.2) is 0 Å². The Morgan fingerprint density at radius 1 is 0.600 bits per heavy atom. The van der Waals surface area contributed by atoms with E-state index in [9.17, 15) is 0 Å². The molecule has 5 heavy (non-hydrogen) atoms. The average Bonchev–Trinajstić information content (AvgIpc) is 0. The molecule has 3 N–H and O–H groups in total. The van der Waals surface area contributed by atoms with Gasteiger partial charge in [0.25, 0.3) is 0 Å². The van der Waals surface area contributed by atoms with Crippen molar-refractivity contribution in [3.8, 4) is 0 Å². The molecule has 0 aliphatic heterocycles. The predicted molar refractivity (Wildman–Crippen MR) is 20.1 cm³/mol. The Balaban J connectivity index is 0. The van der Waals surface area contributed by atoms with Crippen LogP contribution in [0.2, 0.25) is 0 Å². The summed E-state index contributed by atoms with van der Waals surface area (Å²) in [6.07, 6.45) is 0. The van der Waals surface area contributed by atoms with Crippen LogP contribution in [0.3, 0.4) is 0 Å². The van der Waals surface area contributed by atoms with Crippen molar-refractivity contribution < 1.29 is 16.4 Å². The van der Waals surface area contributed by atoms with E-state index in [1.807, 2.05) is 0 Å². The Bertz CT molecular complexity index is 6.85. The number of hydrogen-bond acceptors (Lipinski definition) is 3. The van der Waals surface area contributed by atoms with Crippen LogP contribution in [0.5, 0.6) is 0 Å². The van der Waals surface area contributed by atoms with Crippen LogP contribution in [-0.4, -0.2) is 71.5 Å². The van der Waals surface area contributed by atoms with E-state index in [1.165, 1.54) is 0 Å². The summed E-state index contributed by atoms with van der Waals surface area (Å²) in [7, 11) is 0. The maximum atomic E-state index is 0. The average molecular weight is 120 g/mol. The van der Waals surface area contributed by atoms with E-state index in [1.54, 1.807) is 0 Å². The summed E-state index contributed by atoms with van der Waals surface area (Å²) in [5.74, 6) is 0. The van der Waals surface area contributed by atoms with E-state index >= 15 is 0 Å². The summed E-state index contributed by atoms with van der Waals surface area (Å²) in [5, 5.41) is 0. The first kappa shape index (κ1) is 76.8. The fourth-order valence-electron chi connectivity index (χ4n) is 0. The Hall–Kier alpha value is 1.67. The van der Waals surface area contributed by atoms with Crippen molar-refractivity contribution in [1.82, 2.24) is 0 Å². The maximum Gasteiger partial charge on any atom is -0.870 e.